The van der Waals surface area contributed by atoms with E-state index in [1.54, 1.807) is 4.90 Å². The van der Waals surface area contributed by atoms with Crippen molar-refractivity contribution in [1.29, 1.82) is 0 Å². The first-order valence-corrected chi connectivity index (χ1v) is 3.75. The lowest BCUT2D eigenvalue weighted by atomic mass is 10.1. The molecule has 1 amide bonds. The zero-order valence-electron chi connectivity index (χ0n) is 7.02. The van der Waals surface area contributed by atoms with E-state index in [-0.39, 0.29) is 24.6 Å². The summed E-state index contributed by atoms with van der Waals surface area (Å²) in [6.45, 7) is 1.21. The Kier molecular flexibility index (Phi) is 5.01. The molecule has 72 valence electrons. The second-order valence-corrected chi connectivity index (χ2v) is 2.69. The van der Waals surface area contributed by atoms with Crippen LogP contribution in [0.4, 0.5) is 4.79 Å². The summed E-state index contributed by atoms with van der Waals surface area (Å²) in [7, 11) is 1.37. The van der Waals surface area contributed by atoms with Gasteiger partial charge in [-0.15, -0.1) is 12.4 Å². The molecule has 1 aliphatic heterocycles. The number of halogens is 1. The third kappa shape index (κ3) is 2.87. The van der Waals surface area contributed by atoms with E-state index in [1.165, 1.54) is 7.11 Å². The summed E-state index contributed by atoms with van der Waals surface area (Å²) >= 11 is 0. The number of carbonyl (C=O) groups is 1. The first-order chi connectivity index (χ1) is 5.24. The molecule has 1 heterocycles. The zero-order chi connectivity index (χ0) is 8.27. The summed E-state index contributed by atoms with van der Waals surface area (Å²) < 4.78 is 4.53. The number of aliphatic hydroxyl groups excluding tert-OH is 1. The van der Waals surface area contributed by atoms with Crippen LogP contribution in [0.5, 0.6) is 0 Å². The van der Waals surface area contributed by atoms with Crippen LogP contribution in [0.1, 0.15) is 12.8 Å². The maximum atomic E-state index is 10.9. The van der Waals surface area contributed by atoms with Gasteiger partial charge in [0.15, 0.2) is 0 Å². The van der Waals surface area contributed by atoms with E-state index in [0.717, 1.165) is 0 Å². The third-order valence-corrected chi connectivity index (χ3v) is 1.90. The van der Waals surface area contributed by atoms with Gasteiger partial charge in [-0.3, -0.25) is 0 Å². The number of ether oxygens (including phenoxy) is 1. The smallest absolute Gasteiger partial charge is 0.409 e. The van der Waals surface area contributed by atoms with Crippen molar-refractivity contribution in [1.82, 2.24) is 4.90 Å². The Morgan fingerprint density at radius 1 is 1.50 bits per heavy atom. The predicted octanol–water partition coefficient (Wildman–Crippen LogP) is 0.631. The van der Waals surface area contributed by atoms with Crippen LogP contribution in [-0.4, -0.2) is 42.4 Å². The van der Waals surface area contributed by atoms with Crippen molar-refractivity contribution >= 4 is 18.5 Å². The third-order valence-electron chi connectivity index (χ3n) is 1.90. The van der Waals surface area contributed by atoms with Gasteiger partial charge in [-0.25, -0.2) is 4.79 Å². The number of rotatable bonds is 0. The zero-order valence-corrected chi connectivity index (χ0v) is 7.84. The number of methoxy groups -OCH3 is 1. The minimum Gasteiger partial charge on any atom is -0.453 e. The Balaban J connectivity index is 0.00000121. The highest BCUT2D eigenvalue weighted by Gasteiger charge is 2.20. The summed E-state index contributed by atoms with van der Waals surface area (Å²) in [6.07, 6.45) is 0.789. The highest BCUT2D eigenvalue weighted by molar-refractivity contribution is 5.85. The Bertz CT molecular complexity index is 146. The lowest BCUT2D eigenvalue weighted by Crippen LogP contribution is -2.39. The molecule has 0 aromatic carbocycles. The van der Waals surface area contributed by atoms with Crippen molar-refractivity contribution in [2.24, 2.45) is 0 Å². The van der Waals surface area contributed by atoms with Gasteiger partial charge in [-0.05, 0) is 12.8 Å². The maximum Gasteiger partial charge on any atom is 0.409 e. The number of nitrogens with zero attached hydrogens (tertiary/aromatic N) is 1. The van der Waals surface area contributed by atoms with Gasteiger partial charge in [0.05, 0.1) is 13.2 Å². The summed E-state index contributed by atoms with van der Waals surface area (Å²) in [5.74, 6) is 0. The minimum absolute atomic E-state index is 0. The van der Waals surface area contributed by atoms with Gasteiger partial charge in [0.25, 0.3) is 0 Å². The standard InChI is InChI=1S/C7H13NO3.ClH/c1-11-7(10)8-4-2-6(9)3-5-8;/h6,9H,2-5H2,1H3;1H. The second-order valence-electron chi connectivity index (χ2n) is 2.69. The van der Waals surface area contributed by atoms with E-state index in [1.807, 2.05) is 0 Å². The fourth-order valence-corrected chi connectivity index (χ4v) is 1.18. The molecule has 1 fully saturated rings. The molecular weight excluding hydrogens is 182 g/mol. The van der Waals surface area contributed by atoms with Crippen molar-refractivity contribution < 1.29 is 14.6 Å². The molecule has 0 bridgehead atoms. The van der Waals surface area contributed by atoms with E-state index in [9.17, 15) is 4.79 Å². The number of amides is 1. The maximum absolute atomic E-state index is 10.9. The monoisotopic (exact) mass is 195 g/mol. The van der Waals surface area contributed by atoms with E-state index >= 15 is 0 Å². The lowest BCUT2D eigenvalue weighted by molar-refractivity contribution is 0.0686. The van der Waals surface area contributed by atoms with Gasteiger partial charge in [0.1, 0.15) is 0 Å². The van der Waals surface area contributed by atoms with Crippen molar-refractivity contribution in [3.63, 3.8) is 0 Å². The molecule has 0 radical (unpaired) electrons. The highest BCUT2D eigenvalue weighted by Crippen LogP contribution is 2.10. The predicted molar refractivity (Wildman–Crippen MR) is 46.5 cm³/mol. The van der Waals surface area contributed by atoms with E-state index < -0.39 is 0 Å². The molecule has 0 spiro atoms. The topological polar surface area (TPSA) is 49.8 Å². The molecule has 5 heteroatoms. The van der Waals surface area contributed by atoms with Gasteiger partial charge < -0.3 is 14.7 Å². The quantitative estimate of drug-likeness (QED) is 0.617. The van der Waals surface area contributed by atoms with Crippen molar-refractivity contribution in [2.75, 3.05) is 20.2 Å². The second kappa shape index (κ2) is 5.22. The van der Waals surface area contributed by atoms with Crippen LogP contribution < -0.4 is 0 Å². The SMILES string of the molecule is COC(=O)N1CCC(O)CC1.Cl. The number of aliphatic hydroxyl groups is 1. The van der Waals surface area contributed by atoms with Gasteiger partial charge in [-0.2, -0.15) is 0 Å². The Morgan fingerprint density at radius 2 is 2.00 bits per heavy atom. The molecule has 12 heavy (non-hydrogen) atoms. The summed E-state index contributed by atoms with van der Waals surface area (Å²) in [5, 5.41) is 9.10. The number of piperidine rings is 1. The largest absolute Gasteiger partial charge is 0.453 e. The molecule has 4 nitrogen and oxygen atoms in total. The number of likely N-dealkylation sites (tertiary alicyclic amines) is 1. The van der Waals surface area contributed by atoms with E-state index in [2.05, 4.69) is 4.74 Å². The number of hydrogen-bond acceptors (Lipinski definition) is 3. The van der Waals surface area contributed by atoms with Gasteiger partial charge in [-0.1, -0.05) is 0 Å². The molecule has 1 saturated heterocycles. The molecule has 0 aromatic rings. The molecule has 0 unspecified atom stereocenters. The van der Waals surface area contributed by atoms with E-state index in [0.29, 0.717) is 25.9 Å². The van der Waals surface area contributed by atoms with Crippen molar-refractivity contribution in [3.8, 4) is 0 Å². The minimum atomic E-state index is -0.295. The molecule has 1 rings (SSSR count). The Labute approximate surface area is 77.9 Å². The lowest BCUT2D eigenvalue weighted by Gasteiger charge is -2.28. The van der Waals surface area contributed by atoms with Gasteiger partial charge >= 0.3 is 6.09 Å². The molecule has 0 atom stereocenters. The summed E-state index contributed by atoms with van der Waals surface area (Å²) in [6, 6.07) is 0. The first kappa shape index (κ1) is 11.5. The van der Waals surface area contributed by atoms with E-state index in [4.69, 9.17) is 5.11 Å². The number of hydrogen-bond donors (Lipinski definition) is 1. The normalized spacial score (nSPS) is 18.3. The average molecular weight is 196 g/mol. The average Bonchev–Trinajstić information content (AvgIpc) is 2.05. The Morgan fingerprint density at radius 3 is 2.42 bits per heavy atom. The molecule has 0 aromatic heterocycles. The summed E-state index contributed by atoms with van der Waals surface area (Å²) in [5.41, 5.74) is 0. The summed E-state index contributed by atoms with van der Waals surface area (Å²) in [4.78, 5) is 12.5. The van der Waals surface area contributed by atoms with Crippen LogP contribution in [0.25, 0.3) is 0 Å². The molecule has 0 saturated carbocycles. The van der Waals surface area contributed by atoms with Crippen molar-refractivity contribution in [2.45, 2.75) is 18.9 Å². The fourth-order valence-electron chi connectivity index (χ4n) is 1.18. The fraction of sp³-hybridized carbons (Fsp3) is 0.857. The van der Waals surface area contributed by atoms with Gasteiger partial charge in [0.2, 0.25) is 0 Å². The molecule has 1 aliphatic rings. The van der Waals surface area contributed by atoms with Crippen LogP contribution in [0.2, 0.25) is 0 Å². The molecular formula is C7H14ClNO3. The van der Waals surface area contributed by atoms with Gasteiger partial charge in [0, 0.05) is 13.1 Å². The molecule has 0 aliphatic carbocycles. The number of carbonyl (C=O) groups excluding carboxylic acids is 1. The van der Waals surface area contributed by atoms with Crippen LogP contribution >= 0.6 is 12.4 Å². The first-order valence-electron chi connectivity index (χ1n) is 3.75. The molecule has 1 N–H and O–H groups in total. The van der Waals surface area contributed by atoms with Crippen LogP contribution in [0.3, 0.4) is 0 Å². The van der Waals surface area contributed by atoms with Crippen LogP contribution in [-0.2, 0) is 4.74 Å². The van der Waals surface area contributed by atoms with Crippen molar-refractivity contribution in [3.05, 3.63) is 0 Å². The highest BCUT2D eigenvalue weighted by atomic mass is 35.5. The van der Waals surface area contributed by atoms with Crippen LogP contribution in [0, 0.1) is 0 Å². The Hall–Kier alpha value is -0.480. The van der Waals surface area contributed by atoms with Crippen LogP contribution in [0.15, 0.2) is 0 Å².